The van der Waals surface area contributed by atoms with Crippen LogP contribution in [0.1, 0.15) is 13.8 Å². The highest BCUT2D eigenvalue weighted by molar-refractivity contribution is 14.0. The van der Waals surface area contributed by atoms with Crippen LogP contribution in [0.3, 0.4) is 0 Å². The number of carbonyl (C=O) groups is 1. The van der Waals surface area contributed by atoms with Crippen LogP contribution in [0.4, 0.5) is 13.2 Å². The summed E-state index contributed by atoms with van der Waals surface area (Å²) >= 11 is 0. The summed E-state index contributed by atoms with van der Waals surface area (Å²) in [5, 5.41) is 2.76. The fraction of sp³-hybridized carbons (Fsp3) is 0.800. The number of nitrogens with two attached hydrogens (primary N) is 1. The lowest BCUT2D eigenvalue weighted by molar-refractivity contribution is -0.157. The third-order valence-electron chi connectivity index (χ3n) is 1.92. The molecule has 0 aromatic heterocycles. The second kappa shape index (κ2) is 9.21. The number of aliphatic imine (C=N–C) groups is 1. The molecule has 3 N–H and O–H groups in total. The molecule has 0 atom stereocenters. The van der Waals surface area contributed by atoms with Crippen LogP contribution in [-0.2, 0) is 4.79 Å². The van der Waals surface area contributed by atoms with E-state index >= 15 is 0 Å². The van der Waals surface area contributed by atoms with E-state index < -0.39 is 25.2 Å². The van der Waals surface area contributed by atoms with Crippen molar-refractivity contribution in [3.05, 3.63) is 0 Å². The van der Waals surface area contributed by atoms with Gasteiger partial charge in [0, 0.05) is 13.6 Å². The van der Waals surface area contributed by atoms with Crippen molar-refractivity contribution in [3.63, 3.8) is 0 Å². The molecule has 0 unspecified atom stereocenters. The highest BCUT2D eigenvalue weighted by atomic mass is 127. The Hall–Kier alpha value is -0.740. The van der Waals surface area contributed by atoms with Gasteiger partial charge in [-0.1, -0.05) is 13.8 Å². The van der Waals surface area contributed by atoms with Gasteiger partial charge < -0.3 is 16.0 Å². The lowest BCUT2D eigenvalue weighted by Gasteiger charge is -2.18. The van der Waals surface area contributed by atoms with E-state index in [-0.39, 0.29) is 29.9 Å². The van der Waals surface area contributed by atoms with Crippen LogP contribution in [0, 0.1) is 5.92 Å². The highest BCUT2D eigenvalue weighted by Crippen LogP contribution is 2.15. The summed E-state index contributed by atoms with van der Waals surface area (Å²) in [5.41, 5.74) is 5.44. The minimum absolute atomic E-state index is 0. The van der Waals surface area contributed by atoms with E-state index in [1.807, 2.05) is 13.8 Å². The summed E-state index contributed by atoms with van der Waals surface area (Å²) in [4.78, 5) is 15.5. The lowest BCUT2D eigenvalue weighted by Crippen LogP contribution is -2.39. The number of amides is 1. The van der Waals surface area contributed by atoms with Crippen molar-refractivity contribution >= 4 is 35.8 Å². The third-order valence-corrected chi connectivity index (χ3v) is 1.92. The van der Waals surface area contributed by atoms with Gasteiger partial charge in [0.1, 0.15) is 13.1 Å². The Kier molecular flexibility index (Phi) is 9.97. The van der Waals surface area contributed by atoms with E-state index in [9.17, 15) is 18.0 Å². The number of likely N-dealkylation sites (N-methyl/N-ethyl adjacent to an activating group) is 1. The number of hydrogen-bond acceptors (Lipinski definition) is 2. The van der Waals surface area contributed by atoms with Crippen molar-refractivity contribution in [2.24, 2.45) is 16.6 Å². The van der Waals surface area contributed by atoms with Gasteiger partial charge in [-0.05, 0) is 5.92 Å². The molecule has 1 amide bonds. The second-order valence-corrected chi connectivity index (χ2v) is 4.34. The average Bonchev–Trinajstić information content (AvgIpc) is 2.20. The molecule has 0 aromatic rings. The van der Waals surface area contributed by atoms with Crippen molar-refractivity contribution in [2.45, 2.75) is 20.0 Å². The topological polar surface area (TPSA) is 70.7 Å². The first kappa shape index (κ1) is 20.6. The number of guanidine groups is 1. The number of halogens is 4. The molecule has 0 aliphatic carbocycles. The van der Waals surface area contributed by atoms with Gasteiger partial charge in [0.15, 0.2) is 5.96 Å². The van der Waals surface area contributed by atoms with E-state index in [4.69, 9.17) is 5.73 Å². The molecule has 0 heterocycles. The number of rotatable bonds is 5. The molecule has 9 heteroatoms. The minimum Gasteiger partial charge on any atom is -0.370 e. The zero-order chi connectivity index (χ0) is 14.3. The van der Waals surface area contributed by atoms with Crippen molar-refractivity contribution in [2.75, 3.05) is 26.7 Å². The summed E-state index contributed by atoms with van der Waals surface area (Å²) < 4.78 is 36.0. The SMILES string of the molecule is CC(C)CNC(N)=NCC(=O)N(C)CC(F)(F)F.I. The molecular formula is C10H20F3IN4O. The fourth-order valence-corrected chi connectivity index (χ4v) is 0.995. The van der Waals surface area contributed by atoms with Gasteiger partial charge >= 0.3 is 6.18 Å². The number of nitrogens with one attached hydrogen (secondary N) is 1. The summed E-state index contributed by atoms with van der Waals surface area (Å²) in [7, 11) is 1.07. The predicted molar refractivity (Wildman–Crippen MR) is 78.4 cm³/mol. The van der Waals surface area contributed by atoms with E-state index in [1.165, 1.54) is 0 Å². The Labute approximate surface area is 127 Å². The Morgan fingerprint density at radius 2 is 1.95 bits per heavy atom. The molecule has 0 fully saturated rings. The van der Waals surface area contributed by atoms with Crippen molar-refractivity contribution in [1.82, 2.24) is 10.2 Å². The van der Waals surface area contributed by atoms with Crippen LogP contribution in [0.5, 0.6) is 0 Å². The van der Waals surface area contributed by atoms with Crippen molar-refractivity contribution < 1.29 is 18.0 Å². The normalized spacial score (nSPS) is 12.1. The molecule has 114 valence electrons. The molecule has 0 aliphatic rings. The maximum Gasteiger partial charge on any atom is 0.406 e. The molecule has 0 saturated carbocycles. The number of carbonyl (C=O) groups excluding carboxylic acids is 1. The van der Waals surface area contributed by atoms with E-state index in [0.29, 0.717) is 17.4 Å². The Morgan fingerprint density at radius 1 is 1.42 bits per heavy atom. The zero-order valence-corrected chi connectivity index (χ0v) is 13.5. The number of alkyl halides is 3. The van der Waals surface area contributed by atoms with Gasteiger partial charge in [0.25, 0.3) is 0 Å². The Morgan fingerprint density at radius 3 is 2.37 bits per heavy atom. The molecular weight excluding hydrogens is 376 g/mol. The Bertz CT molecular complexity index is 308. The van der Waals surface area contributed by atoms with E-state index in [2.05, 4.69) is 10.3 Å². The highest BCUT2D eigenvalue weighted by Gasteiger charge is 2.30. The molecule has 0 spiro atoms. The minimum atomic E-state index is -4.41. The standard InChI is InChI=1S/C10H19F3N4O.HI/c1-7(2)4-15-9(14)16-5-8(18)17(3)6-10(11,12)13;/h7H,4-6H2,1-3H3,(H3,14,15,16);1H. The maximum atomic E-state index is 12.0. The molecule has 19 heavy (non-hydrogen) atoms. The van der Waals surface area contributed by atoms with Crippen LogP contribution in [-0.4, -0.2) is 49.6 Å². The first-order valence-electron chi connectivity index (χ1n) is 5.46. The Balaban J connectivity index is 0. The van der Waals surface area contributed by atoms with Gasteiger partial charge in [-0.25, -0.2) is 4.99 Å². The van der Waals surface area contributed by atoms with Crippen LogP contribution in [0.15, 0.2) is 4.99 Å². The summed E-state index contributed by atoms with van der Waals surface area (Å²) in [6.45, 7) is 2.82. The summed E-state index contributed by atoms with van der Waals surface area (Å²) in [5.74, 6) is -0.332. The van der Waals surface area contributed by atoms with Crippen molar-refractivity contribution in [3.8, 4) is 0 Å². The van der Waals surface area contributed by atoms with Gasteiger partial charge in [0.05, 0.1) is 0 Å². The maximum absolute atomic E-state index is 12.0. The van der Waals surface area contributed by atoms with Gasteiger partial charge in [0.2, 0.25) is 5.91 Å². The summed E-state index contributed by atoms with van der Waals surface area (Å²) in [6, 6.07) is 0. The summed E-state index contributed by atoms with van der Waals surface area (Å²) in [6.07, 6.45) is -4.41. The fourth-order valence-electron chi connectivity index (χ4n) is 0.995. The first-order valence-corrected chi connectivity index (χ1v) is 5.46. The van der Waals surface area contributed by atoms with E-state index in [1.54, 1.807) is 0 Å². The largest absolute Gasteiger partial charge is 0.406 e. The number of nitrogens with zero attached hydrogens (tertiary/aromatic N) is 2. The molecule has 0 bridgehead atoms. The average molecular weight is 396 g/mol. The second-order valence-electron chi connectivity index (χ2n) is 4.34. The van der Waals surface area contributed by atoms with Crippen LogP contribution in [0.2, 0.25) is 0 Å². The predicted octanol–water partition coefficient (Wildman–Crippen LogP) is 1.19. The quantitative estimate of drug-likeness (QED) is 0.417. The van der Waals surface area contributed by atoms with E-state index in [0.717, 1.165) is 7.05 Å². The van der Waals surface area contributed by atoms with Gasteiger partial charge in [-0.15, -0.1) is 24.0 Å². The zero-order valence-electron chi connectivity index (χ0n) is 11.1. The van der Waals surface area contributed by atoms with Crippen molar-refractivity contribution in [1.29, 1.82) is 0 Å². The van der Waals surface area contributed by atoms with Gasteiger partial charge in [-0.3, -0.25) is 4.79 Å². The first-order chi connectivity index (χ1) is 8.11. The monoisotopic (exact) mass is 396 g/mol. The molecule has 5 nitrogen and oxygen atoms in total. The third kappa shape index (κ3) is 12.1. The molecule has 0 saturated heterocycles. The smallest absolute Gasteiger partial charge is 0.370 e. The number of hydrogen-bond donors (Lipinski definition) is 2. The molecule has 0 aliphatic heterocycles. The van der Waals surface area contributed by atoms with Crippen LogP contribution < -0.4 is 11.1 Å². The van der Waals surface area contributed by atoms with Crippen LogP contribution >= 0.6 is 24.0 Å². The molecule has 0 radical (unpaired) electrons. The molecule has 0 aromatic carbocycles. The van der Waals surface area contributed by atoms with Gasteiger partial charge in [-0.2, -0.15) is 13.2 Å². The lowest BCUT2D eigenvalue weighted by atomic mass is 10.2. The van der Waals surface area contributed by atoms with Crippen LogP contribution in [0.25, 0.3) is 0 Å². The molecule has 0 rings (SSSR count).